The molecule has 3 N–H and O–H groups in total. The van der Waals surface area contributed by atoms with Gasteiger partial charge in [-0.05, 0) is 42.0 Å². The topological polar surface area (TPSA) is 83.1 Å². The molecule has 1 aromatic carbocycles. The van der Waals surface area contributed by atoms with Crippen LogP contribution >= 0.6 is 0 Å². The molecule has 5 nitrogen and oxygen atoms in total. The molecule has 0 aliphatic heterocycles. The number of nitrogens with two attached hydrogens (primary N) is 1. The van der Waals surface area contributed by atoms with Gasteiger partial charge in [0.05, 0.1) is 5.92 Å². The Morgan fingerprint density at radius 2 is 2.12 bits per heavy atom. The van der Waals surface area contributed by atoms with E-state index in [1.165, 1.54) is 18.1 Å². The summed E-state index contributed by atoms with van der Waals surface area (Å²) < 4.78 is 13.9. The highest BCUT2D eigenvalue weighted by Crippen LogP contribution is 2.44. The van der Waals surface area contributed by atoms with E-state index in [9.17, 15) is 9.18 Å². The molecule has 0 unspecified atom stereocenters. The third kappa shape index (κ3) is 3.13. The van der Waals surface area contributed by atoms with E-state index in [1.54, 1.807) is 18.2 Å². The number of amides is 1. The smallest absolute Gasteiger partial charge is 0.236 e. The van der Waals surface area contributed by atoms with E-state index >= 15 is 0 Å². The summed E-state index contributed by atoms with van der Waals surface area (Å²) in [5, 5.41) is 7.48. The van der Waals surface area contributed by atoms with Crippen molar-refractivity contribution in [2.45, 2.75) is 18.8 Å². The van der Waals surface area contributed by atoms with Gasteiger partial charge in [0.25, 0.3) is 0 Å². The van der Waals surface area contributed by atoms with Crippen LogP contribution in [0.4, 0.5) is 4.39 Å². The molecule has 0 saturated heterocycles. The van der Waals surface area contributed by atoms with Crippen molar-refractivity contribution in [3.8, 4) is 11.1 Å². The summed E-state index contributed by atoms with van der Waals surface area (Å²) in [5.41, 5.74) is 7.35. The van der Waals surface area contributed by atoms with Gasteiger partial charge < -0.3 is 5.73 Å². The Labute approximate surface area is 139 Å². The minimum atomic E-state index is -0.537. The molecule has 1 aromatic heterocycles. The van der Waals surface area contributed by atoms with Gasteiger partial charge in [-0.25, -0.2) is 4.98 Å². The number of carbonyl (C=O) groups is 1. The number of carbonyl (C=O) groups excluding carboxylic acids is 1. The number of likely N-dealkylation sites (N-methyl/N-ethyl adjacent to an activating group) is 1. The third-order valence-corrected chi connectivity index (χ3v) is 4.37. The predicted octanol–water partition coefficient (Wildman–Crippen LogP) is 2.73. The van der Waals surface area contributed by atoms with Gasteiger partial charge in [0, 0.05) is 18.8 Å². The van der Waals surface area contributed by atoms with E-state index in [2.05, 4.69) is 4.98 Å². The van der Waals surface area contributed by atoms with E-state index in [1.807, 2.05) is 18.2 Å². The van der Waals surface area contributed by atoms with Gasteiger partial charge in [-0.3, -0.25) is 15.1 Å². The molecule has 1 aliphatic carbocycles. The number of hydrogen-bond donors (Lipinski definition) is 2. The second kappa shape index (κ2) is 6.39. The lowest BCUT2D eigenvalue weighted by atomic mass is 9.90. The number of nitrogens with zero attached hydrogens (tertiary/aromatic N) is 2. The Balaban J connectivity index is 1.98. The van der Waals surface area contributed by atoms with Gasteiger partial charge in [0.2, 0.25) is 11.9 Å². The number of hydrogen-bond acceptors (Lipinski definition) is 3. The average molecular weight is 326 g/mol. The lowest BCUT2D eigenvalue weighted by molar-refractivity contribution is -0.128. The van der Waals surface area contributed by atoms with Crippen molar-refractivity contribution < 1.29 is 9.18 Å². The molecule has 6 heteroatoms. The molecule has 2 aromatic rings. The highest BCUT2D eigenvalue weighted by atomic mass is 19.1. The van der Waals surface area contributed by atoms with Crippen LogP contribution in [0, 0.1) is 17.3 Å². The van der Waals surface area contributed by atoms with Crippen molar-refractivity contribution in [2.24, 2.45) is 11.7 Å². The Morgan fingerprint density at radius 1 is 1.38 bits per heavy atom. The molecule has 0 radical (unpaired) electrons. The van der Waals surface area contributed by atoms with Crippen LogP contribution in [0.15, 0.2) is 42.6 Å². The fourth-order valence-electron chi connectivity index (χ4n) is 2.87. The molecule has 1 amide bonds. The molecule has 124 valence electrons. The largest absolute Gasteiger partial charge is 0.370 e. The SMILES string of the molecule is CN(C(=N)N)C(=O)[C@H](c1cccc(-c2cccnc2F)c1)C1CC1. The van der Waals surface area contributed by atoms with Gasteiger partial charge >= 0.3 is 0 Å². The summed E-state index contributed by atoms with van der Waals surface area (Å²) in [6.07, 6.45) is 3.34. The molecule has 1 aliphatic rings. The van der Waals surface area contributed by atoms with Crippen molar-refractivity contribution in [2.75, 3.05) is 7.05 Å². The number of guanidine groups is 1. The maximum Gasteiger partial charge on any atom is 0.236 e. The first kappa shape index (κ1) is 16.1. The molecule has 1 atom stereocenters. The maximum absolute atomic E-state index is 13.9. The number of nitrogens with one attached hydrogen (secondary N) is 1. The van der Waals surface area contributed by atoms with Gasteiger partial charge in [-0.2, -0.15) is 4.39 Å². The monoisotopic (exact) mass is 326 g/mol. The van der Waals surface area contributed by atoms with Crippen LogP contribution in [0.25, 0.3) is 11.1 Å². The molecule has 1 heterocycles. The molecular weight excluding hydrogens is 307 g/mol. The summed E-state index contributed by atoms with van der Waals surface area (Å²) in [6, 6.07) is 10.6. The molecule has 0 spiro atoms. The zero-order chi connectivity index (χ0) is 17.3. The van der Waals surface area contributed by atoms with E-state index in [4.69, 9.17) is 11.1 Å². The zero-order valence-electron chi connectivity index (χ0n) is 13.4. The molecule has 24 heavy (non-hydrogen) atoms. The van der Waals surface area contributed by atoms with Crippen molar-refractivity contribution in [1.82, 2.24) is 9.88 Å². The molecular formula is C18H19FN4O. The quantitative estimate of drug-likeness (QED) is 0.515. The zero-order valence-corrected chi connectivity index (χ0v) is 13.4. The van der Waals surface area contributed by atoms with Crippen molar-refractivity contribution in [3.63, 3.8) is 0 Å². The highest BCUT2D eigenvalue weighted by Gasteiger charge is 2.39. The van der Waals surface area contributed by atoms with Gasteiger partial charge in [-0.15, -0.1) is 0 Å². The van der Waals surface area contributed by atoms with Gasteiger partial charge in [0.15, 0.2) is 5.96 Å². The number of halogens is 1. The fourth-order valence-corrected chi connectivity index (χ4v) is 2.87. The van der Waals surface area contributed by atoms with Gasteiger partial charge in [0.1, 0.15) is 0 Å². The Morgan fingerprint density at radius 3 is 2.75 bits per heavy atom. The van der Waals surface area contributed by atoms with Crippen LogP contribution in [0.5, 0.6) is 0 Å². The van der Waals surface area contributed by atoms with Crippen LogP contribution in [0.2, 0.25) is 0 Å². The minimum absolute atomic E-state index is 0.200. The summed E-state index contributed by atoms with van der Waals surface area (Å²) in [5.74, 6) is -1.13. The van der Waals surface area contributed by atoms with Crippen LogP contribution < -0.4 is 5.73 Å². The molecule has 1 saturated carbocycles. The standard InChI is InChI=1S/C18H19FN4O/c1-23(18(20)21)17(24)15(11-7-8-11)13-5-2-4-12(10-13)14-6-3-9-22-16(14)19/h2-6,9-11,15H,7-8H2,1H3,(H3,20,21)/t15-/m0/s1. The van der Waals surface area contributed by atoms with Crippen LogP contribution in [-0.2, 0) is 4.79 Å². The number of rotatable bonds is 4. The normalized spacial score (nSPS) is 14.9. The summed E-state index contributed by atoms with van der Waals surface area (Å²) >= 11 is 0. The Bertz CT molecular complexity index is 788. The number of benzene rings is 1. The first-order valence-corrected chi connectivity index (χ1v) is 7.81. The lowest BCUT2D eigenvalue weighted by Gasteiger charge is -2.23. The first-order valence-electron chi connectivity index (χ1n) is 7.81. The van der Waals surface area contributed by atoms with Crippen molar-refractivity contribution >= 4 is 11.9 Å². The van der Waals surface area contributed by atoms with Gasteiger partial charge in [-0.1, -0.05) is 24.3 Å². The van der Waals surface area contributed by atoms with Crippen LogP contribution in [0.3, 0.4) is 0 Å². The minimum Gasteiger partial charge on any atom is -0.370 e. The van der Waals surface area contributed by atoms with E-state index < -0.39 is 5.95 Å². The number of aromatic nitrogens is 1. The third-order valence-electron chi connectivity index (χ3n) is 4.37. The second-order valence-corrected chi connectivity index (χ2v) is 6.06. The lowest BCUT2D eigenvalue weighted by Crippen LogP contribution is -2.41. The van der Waals surface area contributed by atoms with E-state index in [0.29, 0.717) is 11.1 Å². The fraction of sp³-hybridized carbons (Fsp3) is 0.278. The summed E-state index contributed by atoms with van der Waals surface area (Å²) in [6.45, 7) is 0. The molecule has 3 rings (SSSR count). The van der Waals surface area contributed by atoms with Crippen LogP contribution in [0.1, 0.15) is 24.3 Å². The average Bonchev–Trinajstić information content (AvgIpc) is 3.39. The maximum atomic E-state index is 13.9. The first-order chi connectivity index (χ1) is 11.5. The van der Waals surface area contributed by atoms with E-state index in [-0.39, 0.29) is 23.7 Å². The Kier molecular flexibility index (Phi) is 4.29. The van der Waals surface area contributed by atoms with E-state index in [0.717, 1.165) is 18.4 Å². The summed E-state index contributed by atoms with van der Waals surface area (Å²) in [7, 11) is 1.50. The second-order valence-electron chi connectivity index (χ2n) is 6.06. The van der Waals surface area contributed by atoms with Crippen molar-refractivity contribution in [3.05, 3.63) is 54.1 Å². The Hall–Kier alpha value is -2.76. The molecule has 1 fully saturated rings. The predicted molar refractivity (Wildman–Crippen MR) is 89.8 cm³/mol. The molecule has 0 bridgehead atoms. The van der Waals surface area contributed by atoms with Crippen molar-refractivity contribution in [1.29, 1.82) is 5.41 Å². The van der Waals surface area contributed by atoms with Crippen LogP contribution in [-0.4, -0.2) is 28.8 Å². The number of pyridine rings is 1. The highest BCUT2D eigenvalue weighted by molar-refractivity contribution is 5.98. The summed E-state index contributed by atoms with van der Waals surface area (Å²) in [4.78, 5) is 17.5.